The highest BCUT2D eigenvalue weighted by Crippen LogP contribution is 2.36. The maximum absolute atomic E-state index is 15.1. The molecule has 14 rings (SSSR count). The second-order valence-corrected chi connectivity index (χ2v) is 33.0. The SMILES string of the molecule is C=COCCOCC(=O)c1cc2scnc2c(F)c1Cc1ccc(I)cc1F.COC(=O)c1cc(S)c(N)c(F)c1Cc1ccccc1F.COC(=O)c1cc2scnc2c(F)c1Cc1ccc(I)cc1F.COC(=O)c1cc2scnc2c(F)c1Cc1ccccc1F.O=C(COCCO)c1cc2scnc2c(F)c1Cc1ccc(I)cc1F. The number of hydrogen-bond donors (Lipinski definition) is 3. The van der Waals surface area contributed by atoms with Crippen LogP contribution in [-0.4, -0.2) is 115 Å². The number of carbonyl (C=O) groups is 5. The summed E-state index contributed by atoms with van der Waals surface area (Å²) in [5.74, 6) is -8.33. The molecule has 0 aliphatic rings. The van der Waals surface area contributed by atoms with E-state index in [1.54, 1.807) is 78.9 Å². The summed E-state index contributed by atoms with van der Waals surface area (Å²) in [6.07, 6.45) is 0.960. The van der Waals surface area contributed by atoms with Crippen LogP contribution in [-0.2, 0) is 60.5 Å². The van der Waals surface area contributed by atoms with Crippen LogP contribution in [0.3, 0.4) is 0 Å². The molecule has 0 fully saturated rings. The van der Waals surface area contributed by atoms with E-state index in [4.69, 9.17) is 34.5 Å². The van der Waals surface area contributed by atoms with Crippen LogP contribution >= 0.6 is 126 Å². The van der Waals surface area contributed by atoms with Gasteiger partial charge in [-0.25, -0.2) is 78.2 Å². The molecule has 0 saturated heterocycles. The molecule has 0 atom stereocenters. The summed E-state index contributed by atoms with van der Waals surface area (Å²) in [6.45, 7) is 3.16. The molecule has 4 heterocycles. The van der Waals surface area contributed by atoms with E-state index in [-0.39, 0.29) is 171 Å². The Balaban J connectivity index is 0.000000158. The number of hydrogen-bond acceptors (Lipinski definition) is 22. The number of anilines is 1. The maximum atomic E-state index is 15.1. The van der Waals surface area contributed by atoms with Gasteiger partial charge >= 0.3 is 17.9 Å². The molecular formula is C85H64F10I3N5O12S5. The third kappa shape index (κ3) is 23.0. The van der Waals surface area contributed by atoms with Crippen molar-refractivity contribution in [2.24, 2.45) is 0 Å². The van der Waals surface area contributed by atoms with Crippen molar-refractivity contribution >= 4 is 202 Å². The van der Waals surface area contributed by atoms with Crippen molar-refractivity contribution in [3.05, 3.63) is 321 Å². The number of ketones is 2. The summed E-state index contributed by atoms with van der Waals surface area (Å²) in [6, 6.07) is 33.7. The molecule has 0 spiro atoms. The number of nitrogen functional groups attached to an aromatic ring is 1. The number of rotatable bonds is 25. The first-order chi connectivity index (χ1) is 57.6. The summed E-state index contributed by atoms with van der Waals surface area (Å²) >= 11 is 14.9. The minimum atomic E-state index is -0.786. The van der Waals surface area contributed by atoms with Crippen molar-refractivity contribution in [1.29, 1.82) is 0 Å². The molecule has 120 heavy (non-hydrogen) atoms. The van der Waals surface area contributed by atoms with Crippen molar-refractivity contribution in [3.63, 3.8) is 0 Å². The summed E-state index contributed by atoms with van der Waals surface area (Å²) in [5.41, 5.74) is 14.5. The molecule has 0 unspecified atom stereocenters. The van der Waals surface area contributed by atoms with Gasteiger partial charge in [0.05, 0.1) is 111 Å². The van der Waals surface area contributed by atoms with Crippen LogP contribution in [0.5, 0.6) is 0 Å². The van der Waals surface area contributed by atoms with Gasteiger partial charge in [0, 0.05) is 86.7 Å². The average molecular weight is 2080 g/mol. The second kappa shape index (κ2) is 43.9. The van der Waals surface area contributed by atoms with Crippen LogP contribution in [0.4, 0.5) is 49.6 Å². The van der Waals surface area contributed by atoms with Crippen LogP contribution in [0.15, 0.2) is 173 Å². The number of ether oxygens (including phenoxy) is 6. The minimum absolute atomic E-state index is 0.0118. The van der Waals surface area contributed by atoms with Crippen molar-refractivity contribution in [1.82, 2.24) is 19.9 Å². The molecule has 0 bridgehead atoms. The number of benzene rings is 10. The molecule has 17 nitrogen and oxygen atoms in total. The van der Waals surface area contributed by atoms with Gasteiger partial charge < -0.3 is 39.3 Å². The van der Waals surface area contributed by atoms with Crippen molar-refractivity contribution < 1.29 is 101 Å². The fraction of sp³-hybridized carbons (Fsp3) is 0.165. The highest BCUT2D eigenvalue weighted by atomic mass is 127. The monoisotopic (exact) mass is 2080 g/mol. The zero-order chi connectivity index (χ0) is 86.6. The van der Waals surface area contributed by atoms with Crippen LogP contribution in [0, 0.1) is 68.9 Å². The van der Waals surface area contributed by atoms with Crippen molar-refractivity contribution in [3.8, 4) is 0 Å². The lowest BCUT2D eigenvalue weighted by atomic mass is 9.96. The van der Waals surface area contributed by atoms with Crippen molar-refractivity contribution in [2.45, 2.75) is 37.0 Å². The highest BCUT2D eigenvalue weighted by Gasteiger charge is 2.28. The molecule has 0 aliphatic carbocycles. The third-order valence-electron chi connectivity index (χ3n) is 17.8. The largest absolute Gasteiger partial charge is 0.499 e. The topological polar surface area (TPSA) is 239 Å². The number of Topliss-reactive ketones (excluding diaryl/α,β-unsaturated/α-hetero) is 2. The van der Waals surface area contributed by atoms with Crippen LogP contribution in [0.2, 0.25) is 0 Å². The normalized spacial score (nSPS) is 10.9. The number of esters is 3. The standard InChI is InChI=1S/C20H16F2INO3S.C18H14F2INO3S.C16H10F2INO2S.C16H11F2NO2S.C15H13F2NO2S/c1-2-26-5-6-27-10-17(25)14-9-18-20(24-11-28-18)19(22)15(14)7-12-3-4-13(23)8-16(12)21;19-14-6-11(21)2-1-10(14)5-13-12(15(24)8-25-4-3-23)7-16-18(17(13)20)22-9-26-16;1-22-16(21)11-6-13-15(20-7-23-13)14(18)10(11)4-8-2-3-9(19)5-12(8)17;1-21-16(20)11-7-13-15(19-8-22-13)14(18)10(11)6-9-4-2-3-5-12(9)17;1-20-15(19)10-7-12(21)14(18)13(17)9(10)6-8-4-2-3-5-11(8)16/h2-4,8-9,11H,1,5-7,10H2;1-2,6-7,9,23H,3-5,8H2;2-3,5-7H,4H2,1H3;2-5,7-8H,6H2,1H3;2-5,7,21H,6,18H2,1H3. The van der Waals surface area contributed by atoms with E-state index in [0.29, 0.717) is 41.1 Å². The van der Waals surface area contributed by atoms with Crippen LogP contribution in [0.25, 0.3) is 40.9 Å². The zero-order valence-corrected chi connectivity index (χ0v) is 73.5. The van der Waals surface area contributed by atoms with Gasteiger partial charge in [-0.2, -0.15) is 0 Å². The highest BCUT2D eigenvalue weighted by molar-refractivity contribution is 14.1. The summed E-state index contributed by atoms with van der Waals surface area (Å²) < 4.78 is 178. The van der Waals surface area contributed by atoms with Crippen LogP contribution < -0.4 is 5.73 Å². The molecule has 622 valence electrons. The summed E-state index contributed by atoms with van der Waals surface area (Å²) in [4.78, 5) is 77.0. The molecule has 0 radical (unpaired) electrons. The van der Waals surface area contributed by atoms with Gasteiger partial charge in [-0.15, -0.1) is 58.0 Å². The Hall–Kier alpha value is -9.43. The molecular weight excluding hydrogens is 2010 g/mol. The molecule has 3 N–H and O–H groups in total. The number of aliphatic hydroxyl groups excluding tert-OH is 1. The number of carbonyl (C=O) groups excluding carboxylic acids is 5. The Morgan fingerprint density at radius 1 is 0.417 bits per heavy atom. The number of thiazole rings is 4. The van der Waals surface area contributed by atoms with Crippen molar-refractivity contribution in [2.75, 3.05) is 66.7 Å². The van der Waals surface area contributed by atoms with E-state index >= 15 is 4.39 Å². The fourth-order valence-corrected chi connectivity index (χ4v) is 16.3. The van der Waals surface area contributed by atoms with E-state index in [2.05, 4.69) is 43.9 Å². The number of aromatic nitrogens is 4. The number of nitrogens with two attached hydrogens (primary N) is 1. The van der Waals surface area contributed by atoms with E-state index in [1.807, 2.05) is 67.8 Å². The van der Waals surface area contributed by atoms with Gasteiger partial charge in [-0.3, -0.25) is 9.59 Å². The Labute approximate surface area is 740 Å². The second-order valence-electron chi connectivity index (χ2n) is 25.3. The molecule has 0 amide bonds. The number of halogens is 13. The van der Waals surface area contributed by atoms with E-state index in [1.165, 1.54) is 150 Å². The Kier molecular flexibility index (Phi) is 33.9. The van der Waals surface area contributed by atoms with Crippen LogP contribution in [0.1, 0.15) is 107 Å². The fourth-order valence-electron chi connectivity index (χ4n) is 11.9. The molecule has 4 aromatic heterocycles. The third-order valence-corrected chi connectivity index (χ3v) is 23.3. The van der Waals surface area contributed by atoms with E-state index in [9.17, 15) is 63.5 Å². The van der Waals surface area contributed by atoms with E-state index < -0.39 is 81.9 Å². The smallest absolute Gasteiger partial charge is 0.338 e. The lowest BCUT2D eigenvalue weighted by molar-refractivity contribution is 0.0590. The first kappa shape index (κ1) is 92.8. The summed E-state index contributed by atoms with van der Waals surface area (Å²) in [5, 5.41) is 8.76. The molecule has 0 aliphatic heterocycles. The van der Waals surface area contributed by atoms with Gasteiger partial charge in [0.1, 0.15) is 71.0 Å². The summed E-state index contributed by atoms with van der Waals surface area (Å²) in [7, 11) is 3.64. The molecule has 35 heteroatoms. The quantitative estimate of drug-likeness (QED) is 0.00555. The predicted octanol–water partition coefficient (Wildman–Crippen LogP) is 20.8. The molecule has 0 saturated carbocycles. The van der Waals surface area contributed by atoms with Gasteiger partial charge in [0.2, 0.25) is 0 Å². The predicted molar refractivity (Wildman–Crippen MR) is 468 cm³/mol. The maximum Gasteiger partial charge on any atom is 0.338 e. The number of aliphatic hydroxyl groups is 1. The number of nitrogens with zero attached hydrogens (tertiary/aromatic N) is 4. The lowest BCUT2D eigenvalue weighted by Crippen LogP contribution is -2.15. The van der Waals surface area contributed by atoms with Gasteiger partial charge in [0.25, 0.3) is 0 Å². The van der Waals surface area contributed by atoms with Gasteiger partial charge in [-0.1, -0.05) is 61.2 Å². The molecule has 14 aromatic rings. The Bertz CT molecular complexity index is 6160. The zero-order valence-electron chi connectivity index (χ0n) is 62.9. The minimum Gasteiger partial charge on any atom is -0.499 e. The van der Waals surface area contributed by atoms with E-state index in [0.717, 1.165) is 10.7 Å². The lowest BCUT2D eigenvalue weighted by Gasteiger charge is -2.13. The first-order valence-electron chi connectivity index (χ1n) is 35.2. The number of fused-ring (bicyclic) bond motifs is 4. The Morgan fingerprint density at radius 3 is 1.03 bits per heavy atom. The number of thiol groups is 1. The number of methoxy groups -OCH3 is 3. The van der Waals surface area contributed by atoms with Gasteiger partial charge in [-0.05, 0) is 174 Å². The Morgan fingerprint density at radius 2 is 0.717 bits per heavy atom. The average Bonchev–Trinajstić information content (AvgIpc) is 1.35. The van der Waals surface area contributed by atoms with Gasteiger partial charge in [0.15, 0.2) is 40.7 Å². The first-order valence-corrected chi connectivity index (χ1v) is 42.4. The molecule has 10 aromatic carbocycles.